The van der Waals surface area contributed by atoms with Crippen LogP contribution in [0.4, 0.5) is 0 Å². The number of aliphatic hydroxyl groups is 1. The highest BCUT2D eigenvalue weighted by Crippen LogP contribution is 2.28. The topological polar surface area (TPSA) is 53.8 Å². The first-order valence-corrected chi connectivity index (χ1v) is 5.48. The molecule has 2 N–H and O–H groups in total. The molecule has 1 atom stereocenters. The summed E-state index contributed by atoms with van der Waals surface area (Å²) in [5.41, 5.74) is 2.72. The van der Waals surface area contributed by atoms with E-state index in [9.17, 15) is 5.11 Å². The van der Waals surface area contributed by atoms with Crippen molar-refractivity contribution in [3.05, 3.63) is 54.0 Å². The standard InChI is InChI=1S/C13H13N3O/c1-16-8-9(6-15-16)13(17)11-7-14-12-5-3-2-4-10(11)12/h2-8,13-14,17H,1H3. The number of aromatic nitrogens is 3. The Labute approximate surface area is 98.5 Å². The summed E-state index contributed by atoms with van der Waals surface area (Å²) in [5.74, 6) is 0. The number of H-pyrrole nitrogens is 1. The van der Waals surface area contributed by atoms with Crippen LogP contribution in [0.25, 0.3) is 10.9 Å². The van der Waals surface area contributed by atoms with E-state index in [2.05, 4.69) is 10.1 Å². The van der Waals surface area contributed by atoms with Crippen molar-refractivity contribution in [3.63, 3.8) is 0 Å². The second-order valence-corrected chi connectivity index (χ2v) is 4.14. The first-order chi connectivity index (χ1) is 8.25. The van der Waals surface area contributed by atoms with Crippen LogP contribution < -0.4 is 0 Å². The molecule has 0 spiro atoms. The quantitative estimate of drug-likeness (QED) is 0.703. The molecule has 4 nitrogen and oxygen atoms in total. The van der Waals surface area contributed by atoms with Gasteiger partial charge in [-0.3, -0.25) is 4.68 Å². The molecule has 4 heteroatoms. The molecule has 0 bridgehead atoms. The number of nitrogens with one attached hydrogen (secondary N) is 1. The normalized spacial score (nSPS) is 13.1. The molecule has 17 heavy (non-hydrogen) atoms. The van der Waals surface area contributed by atoms with Crippen LogP contribution in [0, 0.1) is 0 Å². The van der Waals surface area contributed by atoms with Crippen LogP contribution in [-0.4, -0.2) is 19.9 Å². The summed E-state index contributed by atoms with van der Waals surface area (Å²) < 4.78 is 1.69. The second-order valence-electron chi connectivity index (χ2n) is 4.14. The Morgan fingerprint density at radius 1 is 1.35 bits per heavy atom. The van der Waals surface area contributed by atoms with Crippen LogP contribution in [-0.2, 0) is 7.05 Å². The lowest BCUT2D eigenvalue weighted by Gasteiger charge is -2.06. The third-order valence-electron chi connectivity index (χ3n) is 2.96. The Balaban J connectivity index is 2.09. The van der Waals surface area contributed by atoms with E-state index >= 15 is 0 Å². The third kappa shape index (κ3) is 1.62. The van der Waals surface area contributed by atoms with Crippen molar-refractivity contribution in [2.24, 2.45) is 7.05 Å². The van der Waals surface area contributed by atoms with Gasteiger partial charge >= 0.3 is 0 Å². The minimum Gasteiger partial charge on any atom is -0.383 e. The number of hydrogen-bond donors (Lipinski definition) is 2. The summed E-state index contributed by atoms with van der Waals surface area (Å²) in [5, 5.41) is 15.4. The molecule has 2 heterocycles. The first kappa shape index (κ1) is 10.1. The summed E-state index contributed by atoms with van der Waals surface area (Å²) in [6, 6.07) is 7.93. The second kappa shape index (κ2) is 3.75. The Morgan fingerprint density at radius 3 is 2.94 bits per heavy atom. The van der Waals surface area contributed by atoms with E-state index in [0.717, 1.165) is 22.0 Å². The SMILES string of the molecule is Cn1cc(C(O)c2c[nH]c3ccccc23)cn1. The zero-order valence-electron chi connectivity index (χ0n) is 9.46. The molecular weight excluding hydrogens is 214 g/mol. The molecule has 0 radical (unpaired) electrons. The highest BCUT2D eigenvalue weighted by atomic mass is 16.3. The molecule has 0 fully saturated rings. The van der Waals surface area contributed by atoms with Gasteiger partial charge in [0.1, 0.15) is 6.10 Å². The Bertz CT molecular complexity index is 653. The fourth-order valence-corrected chi connectivity index (χ4v) is 2.08. The third-order valence-corrected chi connectivity index (χ3v) is 2.96. The van der Waals surface area contributed by atoms with Crippen molar-refractivity contribution < 1.29 is 5.11 Å². The summed E-state index contributed by atoms with van der Waals surface area (Å²) >= 11 is 0. The number of aliphatic hydroxyl groups excluding tert-OH is 1. The van der Waals surface area contributed by atoms with E-state index in [0.29, 0.717) is 0 Å². The Hall–Kier alpha value is -2.07. The van der Waals surface area contributed by atoms with Gasteiger partial charge < -0.3 is 10.1 Å². The number of benzene rings is 1. The molecule has 3 aromatic rings. The van der Waals surface area contributed by atoms with Gasteiger partial charge in [0.15, 0.2) is 0 Å². The summed E-state index contributed by atoms with van der Waals surface area (Å²) in [4.78, 5) is 3.16. The Kier molecular flexibility index (Phi) is 2.23. The molecule has 1 aromatic carbocycles. The fraction of sp³-hybridized carbons (Fsp3) is 0.154. The number of para-hydroxylation sites is 1. The number of aryl methyl sites for hydroxylation is 1. The molecule has 0 amide bonds. The van der Waals surface area contributed by atoms with Gasteiger partial charge in [-0.2, -0.15) is 5.10 Å². The van der Waals surface area contributed by atoms with Crippen LogP contribution in [0.1, 0.15) is 17.2 Å². The van der Waals surface area contributed by atoms with Gasteiger partial charge in [0.25, 0.3) is 0 Å². The van der Waals surface area contributed by atoms with Gasteiger partial charge in [-0.1, -0.05) is 18.2 Å². The number of rotatable bonds is 2. The van der Waals surface area contributed by atoms with Crippen molar-refractivity contribution in [1.82, 2.24) is 14.8 Å². The van der Waals surface area contributed by atoms with E-state index in [4.69, 9.17) is 0 Å². The highest BCUT2D eigenvalue weighted by Gasteiger charge is 2.15. The van der Waals surface area contributed by atoms with Crippen molar-refractivity contribution in [3.8, 4) is 0 Å². The number of fused-ring (bicyclic) bond motifs is 1. The first-order valence-electron chi connectivity index (χ1n) is 5.48. The molecule has 0 aliphatic carbocycles. The average molecular weight is 227 g/mol. The highest BCUT2D eigenvalue weighted by molar-refractivity contribution is 5.83. The van der Waals surface area contributed by atoms with Gasteiger partial charge in [0.2, 0.25) is 0 Å². The zero-order valence-corrected chi connectivity index (χ0v) is 9.46. The lowest BCUT2D eigenvalue weighted by molar-refractivity contribution is 0.222. The number of aromatic amines is 1. The van der Waals surface area contributed by atoms with Crippen molar-refractivity contribution >= 4 is 10.9 Å². The van der Waals surface area contributed by atoms with Crippen molar-refractivity contribution in [2.45, 2.75) is 6.10 Å². The fourth-order valence-electron chi connectivity index (χ4n) is 2.08. The molecule has 0 saturated carbocycles. The van der Waals surface area contributed by atoms with Gasteiger partial charge in [0, 0.05) is 41.5 Å². The van der Waals surface area contributed by atoms with Gasteiger partial charge in [-0.05, 0) is 6.07 Å². The number of hydrogen-bond acceptors (Lipinski definition) is 2. The van der Waals surface area contributed by atoms with E-state index in [1.807, 2.05) is 43.7 Å². The predicted octanol–water partition coefficient (Wildman–Crippen LogP) is 1.98. The smallest absolute Gasteiger partial charge is 0.109 e. The van der Waals surface area contributed by atoms with E-state index in [1.165, 1.54) is 0 Å². The maximum Gasteiger partial charge on any atom is 0.109 e. The molecule has 3 rings (SSSR count). The molecular formula is C13H13N3O. The molecule has 0 saturated heterocycles. The van der Waals surface area contributed by atoms with E-state index < -0.39 is 6.10 Å². The summed E-state index contributed by atoms with van der Waals surface area (Å²) in [6.07, 6.45) is 4.72. The molecule has 86 valence electrons. The largest absolute Gasteiger partial charge is 0.383 e. The minimum atomic E-state index is -0.639. The van der Waals surface area contributed by atoms with E-state index in [-0.39, 0.29) is 0 Å². The molecule has 1 unspecified atom stereocenters. The van der Waals surface area contributed by atoms with Gasteiger partial charge in [0.05, 0.1) is 6.20 Å². The predicted molar refractivity (Wildman–Crippen MR) is 65.6 cm³/mol. The van der Waals surface area contributed by atoms with Crippen LogP contribution in [0.2, 0.25) is 0 Å². The van der Waals surface area contributed by atoms with Crippen molar-refractivity contribution in [1.29, 1.82) is 0 Å². The lowest BCUT2D eigenvalue weighted by Crippen LogP contribution is -1.97. The van der Waals surface area contributed by atoms with Crippen LogP contribution in [0.5, 0.6) is 0 Å². The van der Waals surface area contributed by atoms with Crippen LogP contribution in [0.15, 0.2) is 42.9 Å². The van der Waals surface area contributed by atoms with Crippen molar-refractivity contribution in [2.75, 3.05) is 0 Å². The monoisotopic (exact) mass is 227 g/mol. The minimum absolute atomic E-state index is 0.639. The summed E-state index contributed by atoms with van der Waals surface area (Å²) in [6.45, 7) is 0. The molecule has 2 aromatic heterocycles. The lowest BCUT2D eigenvalue weighted by atomic mass is 10.0. The maximum absolute atomic E-state index is 10.3. The van der Waals surface area contributed by atoms with E-state index in [1.54, 1.807) is 10.9 Å². The molecule has 0 aliphatic heterocycles. The van der Waals surface area contributed by atoms with Crippen LogP contribution >= 0.6 is 0 Å². The number of nitrogens with zero attached hydrogens (tertiary/aromatic N) is 2. The molecule has 0 aliphatic rings. The zero-order chi connectivity index (χ0) is 11.8. The summed E-state index contributed by atoms with van der Waals surface area (Å²) in [7, 11) is 1.84. The maximum atomic E-state index is 10.3. The Morgan fingerprint density at radius 2 is 2.18 bits per heavy atom. The van der Waals surface area contributed by atoms with Gasteiger partial charge in [-0.25, -0.2) is 0 Å². The van der Waals surface area contributed by atoms with Gasteiger partial charge in [-0.15, -0.1) is 0 Å². The van der Waals surface area contributed by atoms with Crippen LogP contribution in [0.3, 0.4) is 0 Å². The average Bonchev–Trinajstić information content (AvgIpc) is 2.94.